The maximum absolute atomic E-state index is 11.6. The summed E-state index contributed by atoms with van der Waals surface area (Å²) < 4.78 is 0. The van der Waals surface area contributed by atoms with Gasteiger partial charge in [-0.3, -0.25) is 4.79 Å². The minimum Gasteiger partial charge on any atom is -0.376 e. The third-order valence-corrected chi connectivity index (χ3v) is 3.13. The molecule has 2 aromatic rings. The zero-order chi connectivity index (χ0) is 14.4. The van der Waals surface area contributed by atoms with Gasteiger partial charge in [0.1, 0.15) is 0 Å². The van der Waals surface area contributed by atoms with Crippen LogP contribution in [0.3, 0.4) is 0 Å². The van der Waals surface area contributed by atoms with E-state index in [0.29, 0.717) is 5.02 Å². The SMILES string of the molecule is Cc1c(Cl)cccc1NCC(=O)N/N=C/c1ccc[nH]1. The summed E-state index contributed by atoms with van der Waals surface area (Å²) in [4.78, 5) is 14.6. The monoisotopic (exact) mass is 290 g/mol. The van der Waals surface area contributed by atoms with Gasteiger partial charge in [0.05, 0.1) is 18.5 Å². The van der Waals surface area contributed by atoms with Crippen molar-refractivity contribution in [3.63, 3.8) is 0 Å². The summed E-state index contributed by atoms with van der Waals surface area (Å²) in [5, 5.41) is 7.53. The molecule has 0 fully saturated rings. The summed E-state index contributed by atoms with van der Waals surface area (Å²) in [6.45, 7) is 2.02. The number of nitrogens with zero attached hydrogens (tertiary/aromatic N) is 1. The van der Waals surface area contributed by atoms with Crippen molar-refractivity contribution in [1.29, 1.82) is 0 Å². The smallest absolute Gasteiger partial charge is 0.259 e. The molecule has 0 aliphatic rings. The highest BCUT2D eigenvalue weighted by molar-refractivity contribution is 6.31. The van der Waals surface area contributed by atoms with Crippen LogP contribution in [0.4, 0.5) is 5.69 Å². The van der Waals surface area contributed by atoms with Crippen molar-refractivity contribution in [2.24, 2.45) is 5.10 Å². The first kappa shape index (κ1) is 14.1. The molecule has 104 valence electrons. The number of hydrazone groups is 1. The van der Waals surface area contributed by atoms with Crippen molar-refractivity contribution in [2.75, 3.05) is 11.9 Å². The van der Waals surface area contributed by atoms with Gasteiger partial charge in [0.25, 0.3) is 5.91 Å². The lowest BCUT2D eigenvalue weighted by molar-refractivity contribution is -0.119. The number of aromatic amines is 1. The molecule has 20 heavy (non-hydrogen) atoms. The van der Waals surface area contributed by atoms with Crippen molar-refractivity contribution in [1.82, 2.24) is 10.4 Å². The number of hydrogen-bond donors (Lipinski definition) is 3. The summed E-state index contributed by atoms with van der Waals surface area (Å²) in [7, 11) is 0. The van der Waals surface area contributed by atoms with E-state index in [0.717, 1.165) is 16.9 Å². The fourth-order valence-electron chi connectivity index (χ4n) is 1.61. The number of aromatic nitrogens is 1. The van der Waals surface area contributed by atoms with Gasteiger partial charge in [0, 0.05) is 16.9 Å². The van der Waals surface area contributed by atoms with Crippen molar-refractivity contribution in [2.45, 2.75) is 6.92 Å². The highest BCUT2D eigenvalue weighted by Gasteiger charge is 2.04. The molecular formula is C14H15ClN4O. The first-order chi connectivity index (χ1) is 9.66. The van der Waals surface area contributed by atoms with Crippen LogP contribution in [0.5, 0.6) is 0 Å². The van der Waals surface area contributed by atoms with Crippen molar-refractivity contribution >= 4 is 29.4 Å². The molecule has 1 aromatic heterocycles. The van der Waals surface area contributed by atoms with Gasteiger partial charge in [-0.05, 0) is 36.8 Å². The minimum atomic E-state index is -0.229. The van der Waals surface area contributed by atoms with Gasteiger partial charge >= 0.3 is 0 Å². The lowest BCUT2D eigenvalue weighted by atomic mass is 10.2. The van der Waals surface area contributed by atoms with Gasteiger partial charge in [-0.2, -0.15) is 5.10 Å². The number of carbonyl (C=O) groups is 1. The van der Waals surface area contributed by atoms with Gasteiger partial charge in [0.15, 0.2) is 0 Å². The Morgan fingerprint density at radius 2 is 2.25 bits per heavy atom. The highest BCUT2D eigenvalue weighted by atomic mass is 35.5. The van der Waals surface area contributed by atoms with E-state index in [2.05, 4.69) is 20.8 Å². The second-order valence-electron chi connectivity index (χ2n) is 4.18. The van der Waals surface area contributed by atoms with Gasteiger partial charge in [-0.1, -0.05) is 17.7 Å². The van der Waals surface area contributed by atoms with Gasteiger partial charge < -0.3 is 10.3 Å². The molecule has 3 N–H and O–H groups in total. The number of hydrogen-bond acceptors (Lipinski definition) is 3. The molecule has 0 unspecified atom stereocenters. The lowest BCUT2D eigenvalue weighted by Gasteiger charge is -2.09. The lowest BCUT2D eigenvalue weighted by Crippen LogP contribution is -2.26. The van der Waals surface area contributed by atoms with E-state index in [-0.39, 0.29) is 12.5 Å². The number of amides is 1. The van der Waals surface area contributed by atoms with Gasteiger partial charge in [0.2, 0.25) is 0 Å². The van der Waals surface area contributed by atoms with E-state index in [1.54, 1.807) is 12.4 Å². The van der Waals surface area contributed by atoms with E-state index in [4.69, 9.17) is 11.6 Å². The topological polar surface area (TPSA) is 69.3 Å². The molecule has 0 radical (unpaired) electrons. The molecule has 1 amide bonds. The number of anilines is 1. The molecule has 0 saturated carbocycles. The van der Waals surface area contributed by atoms with Crippen LogP contribution < -0.4 is 10.7 Å². The Balaban J connectivity index is 1.82. The molecular weight excluding hydrogens is 276 g/mol. The largest absolute Gasteiger partial charge is 0.376 e. The molecule has 0 saturated heterocycles. The Hall–Kier alpha value is -2.27. The van der Waals surface area contributed by atoms with E-state index >= 15 is 0 Å². The molecule has 1 heterocycles. The second-order valence-corrected chi connectivity index (χ2v) is 4.59. The van der Waals surface area contributed by atoms with Crippen LogP contribution in [-0.2, 0) is 4.79 Å². The fraction of sp³-hybridized carbons (Fsp3) is 0.143. The number of benzene rings is 1. The predicted molar refractivity (Wildman–Crippen MR) is 81.2 cm³/mol. The van der Waals surface area contributed by atoms with Crippen molar-refractivity contribution in [3.8, 4) is 0 Å². The molecule has 0 atom stereocenters. The summed E-state index contributed by atoms with van der Waals surface area (Å²) in [6, 6.07) is 9.22. The fourth-order valence-corrected chi connectivity index (χ4v) is 1.79. The molecule has 0 aliphatic heterocycles. The Morgan fingerprint density at radius 3 is 3.00 bits per heavy atom. The van der Waals surface area contributed by atoms with Crippen LogP contribution in [0.1, 0.15) is 11.3 Å². The minimum absolute atomic E-state index is 0.128. The number of carbonyl (C=O) groups excluding carboxylic acids is 1. The van der Waals surface area contributed by atoms with Crippen LogP contribution >= 0.6 is 11.6 Å². The first-order valence-electron chi connectivity index (χ1n) is 6.11. The Bertz CT molecular complexity index is 608. The van der Waals surface area contributed by atoms with E-state index in [1.165, 1.54) is 0 Å². The number of nitrogens with one attached hydrogen (secondary N) is 3. The molecule has 1 aromatic carbocycles. The maximum Gasteiger partial charge on any atom is 0.259 e. The highest BCUT2D eigenvalue weighted by Crippen LogP contribution is 2.22. The van der Waals surface area contributed by atoms with Crippen molar-refractivity contribution < 1.29 is 4.79 Å². The maximum atomic E-state index is 11.6. The Morgan fingerprint density at radius 1 is 1.40 bits per heavy atom. The normalized spacial score (nSPS) is 10.7. The summed E-state index contributed by atoms with van der Waals surface area (Å²) in [5.41, 5.74) is 5.01. The van der Waals surface area contributed by atoms with Crippen LogP contribution in [0.25, 0.3) is 0 Å². The zero-order valence-electron chi connectivity index (χ0n) is 11.0. The number of H-pyrrole nitrogens is 1. The average Bonchev–Trinajstić information content (AvgIpc) is 2.94. The summed E-state index contributed by atoms with van der Waals surface area (Å²) in [5.74, 6) is -0.229. The molecule has 0 aliphatic carbocycles. The van der Waals surface area contributed by atoms with Crippen LogP contribution in [0, 0.1) is 6.92 Å². The predicted octanol–water partition coefficient (Wildman–Crippen LogP) is 2.54. The molecule has 2 rings (SSSR count). The Kier molecular flexibility index (Phi) is 4.79. The number of rotatable bonds is 5. The standard InChI is InChI=1S/C14H15ClN4O/c1-10-12(15)5-2-6-13(10)17-9-14(20)19-18-8-11-4-3-7-16-11/h2-8,16-17H,9H2,1H3,(H,19,20)/b18-8+. The molecule has 5 nitrogen and oxygen atoms in total. The quantitative estimate of drug-likeness (QED) is 0.585. The van der Waals surface area contributed by atoms with Gasteiger partial charge in [-0.15, -0.1) is 0 Å². The Labute approximate surface area is 122 Å². The molecule has 6 heteroatoms. The third kappa shape index (κ3) is 3.86. The summed E-state index contributed by atoms with van der Waals surface area (Å²) in [6.07, 6.45) is 3.33. The molecule has 0 bridgehead atoms. The van der Waals surface area contributed by atoms with Gasteiger partial charge in [-0.25, -0.2) is 5.43 Å². The zero-order valence-corrected chi connectivity index (χ0v) is 11.7. The third-order valence-electron chi connectivity index (χ3n) is 2.72. The van der Waals surface area contributed by atoms with E-state index in [1.807, 2.05) is 37.3 Å². The first-order valence-corrected chi connectivity index (χ1v) is 6.49. The average molecular weight is 291 g/mol. The van der Waals surface area contributed by atoms with E-state index in [9.17, 15) is 4.79 Å². The van der Waals surface area contributed by atoms with Crippen LogP contribution in [-0.4, -0.2) is 23.7 Å². The van der Waals surface area contributed by atoms with E-state index < -0.39 is 0 Å². The number of halogens is 1. The molecule has 0 spiro atoms. The van der Waals surface area contributed by atoms with Crippen LogP contribution in [0.2, 0.25) is 5.02 Å². The second kappa shape index (κ2) is 6.77. The van der Waals surface area contributed by atoms with Crippen LogP contribution in [0.15, 0.2) is 41.6 Å². The summed E-state index contributed by atoms with van der Waals surface area (Å²) >= 11 is 6.00. The van der Waals surface area contributed by atoms with Crippen molar-refractivity contribution in [3.05, 3.63) is 52.8 Å².